The van der Waals surface area contributed by atoms with Crippen molar-refractivity contribution in [3.05, 3.63) is 0 Å². The summed E-state index contributed by atoms with van der Waals surface area (Å²) < 4.78 is 60.1. The first-order valence-corrected chi connectivity index (χ1v) is 4.73. The average molecular weight is 269 g/mol. The molecule has 13 heavy (non-hydrogen) atoms. The first-order valence-electron chi connectivity index (χ1n) is 3.82. The molecule has 0 N–H and O–H groups in total. The fraction of sp³-hybridized carbons (Fsp3) is 1.00. The van der Waals surface area contributed by atoms with Crippen LogP contribution in [0.1, 0.15) is 26.2 Å². The number of alkyl halides is 6. The zero-order valence-corrected chi connectivity index (χ0v) is 8.55. The van der Waals surface area contributed by atoms with E-state index >= 15 is 0 Å². The Morgan fingerprint density at radius 3 is 1.92 bits per heavy atom. The van der Waals surface area contributed by atoms with Crippen LogP contribution in [-0.2, 0) is 0 Å². The molecule has 0 aliphatic carbocycles. The predicted molar refractivity (Wildman–Crippen MR) is 43.2 cm³/mol. The summed E-state index contributed by atoms with van der Waals surface area (Å²) in [4.78, 5) is -1.82. The highest BCUT2D eigenvalue weighted by molar-refractivity contribution is 9.09. The van der Waals surface area contributed by atoms with Crippen molar-refractivity contribution >= 4 is 15.9 Å². The lowest BCUT2D eigenvalue weighted by Crippen LogP contribution is -2.44. The lowest BCUT2D eigenvalue weighted by molar-refractivity contribution is -0.281. The molecule has 0 radical (unpaired) electrons. The second-order valence-electron chi connectivity index (χ2n) is 2.73. The number of hydrogen-bond acceptors (Lipinski definition) is 0. The van der Waals surface area contributed by atoms with Gasteiger partial charge in [-0.2, -0.15) is 22.0 Å². The van der Waals surface area contributed by atoms with Crippen LogP contribution in [0, 0.1) is 0 Å². The van der Waals surface area contributed by atoms with Crippen LogP contribution >= 0.6 is 15.9 Å². The third kappa shape index (κ3) is 3.40. The molecule has 0 aromatic rings. The normalized spacial score (nSPS) is 15.9. The predicted octanol–water partition coefficient (Wildman–Crippen LogP) is 4.14. The highest BCUT2D eigenvalue weighted by atomic mass is 79.9. The molecule has 0 aliphatic rings. The number of rotatable bonds is 4. The van der Waals surface area contributed by atoms with Crippen LogP contribution in [0.25, 0.3) is 0 Å². The molecule has 0 saturated carbocycles. The molecular formula is C7H10BrF5. The monoisotopic (exact) mass is 268 g/mol. The van der Waals surface area contributed by atoms with E-state index in [1.165, 1.54) is 0 Å². The number of unbranched alkanes of at least 4 members (excludes halogenated alkanes) is 1. The van der Waals surface area contributed by atoms with Gasteiger partial charge in [-0.25, -0.2) is 0 Å². The van der Waals surface area contributed by atoms with E-state index < -0.39 is 16.9 Å². The molecule has 0 saturated heterocycles. The molecular weight excluding hydrogens is 259 g/mol. The van der Waals surface area contributed by atoms with Gasteiger partial charge in [0.1, 0.15) is 0 Å². The van der Waals surface area contributed by atoms with E-state index in [9.17, 15) is 22.0 Å². The van der Waals surface area contributed by atoms with Gasteiger partial charge >= 0.3 is 12.1 Å². The Balaban J connectivity index is 4.27. The van der Waals surface area contributed by atoms with E-state index in [1.807, 2.05) is 0 Å². The molecule has 1 atom stereocenters. The molecule has 0 aromatic heterocycles. The Labute approximate surface area is 81.6 Å². The largest absolute Gasteiger partial charge is 0.454 e. The first kappa shape index (κ1) is 13.1. The van der Waals surface area contributed by atoms with Gasteiger partial charge in [0, 0.05) is 0 Å². The highest BCUT2D eigenvalue weighted by Crippen LogP contribution is 2.42. The van der Waals surface area contributed by atoms with Gasteiger partial charge in [0.15, 0.2) is 0 Å². The maximum atomic E-state index is 12.5. The minimum Gasteiger partial charge on any atom is -0.195 e. The van der Waals surface area contributed by atoms with E-state index in [1.54, 1.807) is 6.92 Å². The Kier molecular flexibility index (Phi) is 4.62. The van der Waals surface area contributed by atoms with Crippen LogP contribution in [-0.4, -0.2) is 16.9 Å². The van der Waals surface area contributed by atoms with Crippen molar-refractivity contribution in [2.45, 2.75) is 43.1 Å². The Hall–Kier alpha value is 0.130. The molecule has 80 valence electrons. The third-order valence-electron chi connectivity index (χ3n) is 1.58. The zero-order chi connectivity index (χ0) is 10.7. The molecule has 0 heterocycles. The minimum absolute atomic E-state index is 0.178. The molecule has 0 fully saturated rings. The Morgan fingerprint density at radius 1 is 1.15 bits per heavy atom. The second-order valence-corrected chi connectivity index (χ2v) is 3.84. The van der Waals surface area contributed by atoms with Crippen molar-refractivity contribution in [3.63, 3.8) is 0 Å². The van der Waals surface area contributed by atoms with Gasteiger partial charge in [0.2, 0.25) is 0 Å². The summed E-state index contributed by atoms with van der Waals surface area (Å²) in [7, 11) is 0. The fourth-order valence-corrected chi connectivity index (χ4v) is 1.33. The number of halogens is 6. The summed E-state index contributed by atoms with van der Waals surface area (Å²) in [5, 5.41) is 0. The van der Waals surface area contributed by atoms with Crippen LogP contribution in [0.5, 0.6) is 0 Å². The SMILES string of the molecule is CCCCC(Br)C(F)(F)C(F)(F)F. The van der Waals surface area contributed by atoms with Crippen molar-refractivity contribution < 1.29 is 22.0 Å². The van der Waals surface area contributed by atoms with Gasteiger partial charge < -0.3 is 0 Å². The van der Waals surface area contributed by atoms with Gasteiger partial charge in [0.05, 0.1) is 4.83 Å². The van der Waals surface area contributed by atoms with E-state index in [0.717, 1.165) is 0 Å². The van der Waals surface area contributed by atoms with Gasteiger partial charge in [0.25, 0.3) is 0 Å². The standard InChI is InChI=1S/C7H10BrF5/c1-2-3-4-5(8)6(9,10)7(11,12)13/h5H,2-4H2,1H3. The summed E-state index contributed by atoms with van der Waals surface area (Å²) >= 11 is 2.37. The Bertz CT molecular complexity index is 153. The van der Waals surface area contributed by atoms with Crippen LogP contribution in [0.4, 0.5) is 22.0 Å². The summed E-state index contributed by atoms with van der Waals surface area (Å²) in [5.41, 5.74) is 0. The minimum atomic E-state index is -5.46. The molecule has 1 unspecified atom stereocenters. The lowest BCUT2D eigenvalue weighted by Gasteiger charge is -2.24. The fourth-order valence-electron chi connectivity index (χ4n) is 0.742. The smallest absolute Gasteiger partial charge is 0.195 e. The van der Waals surface area contributed by atoms with Gasteiger partial charge in [-0.3, -0.25) is 0 Å². The second kappa shape index (κ2) is 4.57. The third-order valence-corrected chi connectivity index (χ3v) is 2.62. The average Bonchev–Trinajstić information content (AvgIpc) is 1.97. The first-order chi connectivity index (χ1) is 5.73. The summed E-state index contributed by atoms with van der Waals surface area (Å²) in [5.74, 6) is -4.64. The van der Waals surface area contributed by atoms with Gasteiger partial charge in [-0.1, -0.05) is 35.7 Å². The summed E-state index contributed by atoms with van der Waals surface area (Å²) in [6.45, 7) is 1.73. The Morgan fingerprint density at radius 2 is 1.62 bits per heavy atom. The van der Waals surface area contributed by atoms with Crippen molar-refractivity contribution in [1.29, 1.82) is 0 Å². The van der Waals surface area contributed by atoms with E-state index in [-0.39, 0.29) is 6.42 Å². The van der Waals surface area contributed by atoms with Crippen molar-refractivity contribution in [1.82, 2.24) is 0 Å². The molecule has 0 aromatic carbocycles. The van der Waals surface area contributed by atoms with Crippen LogP contribution in [0.15, 0.2) is 0 Å². The molecule has 0 rings (SSSR count). The summed E-state index contributed by atoms with van der Waals surface area (Å²) in [6, 6.07) is 0. The van der Waals surface area contributed by atoms with Crippen LogP contribution in [0.2, 0.25) is 0 Å². The topological polar surface area (TPSA) is 0 Å². The quantitative estimate of drug-likeness (QED) is 0.531. The van der Waals surface area contributed by atoms with E-state index in [2.05, 4.69) is 15.9 Å². The van der Waals surface area contributed by atoms with E-state index in [4.69, 9.17) is 0 Å². The van der Waals surface area contributed by atoms with Crippen molar-refractivity contribution in [3.8, 4) is 0 Å². The molecule has 0 bridgehead atoms. The molecule has 0 amide bonds. The lowest BCUT2D eigenvalue weighted by atomic mass is 10.1. The maximum Gasteiger partial charge on any atom is 0.454 e. The highest BCUT2D eigenvalue weighted by Gasteiger charge is 2.61. The molecule has 0 aliphatic heterocycles. The molecule has 0 nitrogen and oxygen atoms in total. The zero-order valence-electron chi connectivity index (χ0n) is 6.97. The molecule has 6 heteroatoms. The van der Waals surface area contributed by atoms with Gasteiger partial charge in [-0.15, -0.1) is 0 Å². The van der Waals surface area contributed by atoms with Crippen molar-refractivity contribution in [2.75, 3.05) is 0 Å². The number of hydrogen-bond donors (Lipinski definition) is 0. The molecule has 0 spiro atoms. The van der Waals surface area contributed by atoms with Crippen LogP contribution < -0.4 is 0 Å². The summed E-state index contributed by atoms with van der Waals surface area (Å²) in [6.07, 6.45) is -4.70. The van der Waals surface area contributed by atoms with Crippen molar-refractivity contribution in [2.24, 2.45) is 0 Å². The maximum absolute atomic E-state index is 12.5. The van der Waals surface area contributed by atoms with E-state index in [0.29, 0.717) is 12.8 Å². The van der Waals surface area contributed by atoms with Crippen LogP contribution in [0.3, 0.4) is 0 Å². The van der Waals surface area contributed by atoms with Gasteiger partial charge in [-0.05, 0) is 6.42 Å².